The Balaban J connectivity index is 1.89. The number of hydrogen-bond donors (Lipinski definition) is 1. The first-order valence-electron chi connectivity index (χ1n) is 10.1. The minimum absolute atomic E-state index is 0.0942. The van der Waals surface area contributed by atoms with E-state index in [2.05, 4.69) is 0 Å². The number of rotatable bonds is 4. The fraction of sp³-hybridized carbons (Fsp3) is 0.154. The van der Waals surface area contributed by atoms with Crippen molar-refractivity contribution in [1.29, 1.82) is 0 Å². The highest BCUT2D eigenvalue weighted by atomic mass is 16.3. The van der Waals surface area contributed by atoms with Crippen molar-refractivity contribution in [3.63, 3.8) is 0 Å². The molecule has 5 heteroatoms. The molecule has 0 aliphatic carbocycles. The molecule has 0 bridgehead atoms. The summed E-state index contributed by atoms with van der Waals surface area (Å²) < 4.78 is 0. The molecule has 0 spiro atoms. The Bertz CT molecular complexity index is 1150. The molecule has 1 N–H and O–H groups in total. The van der Waals surface area contributed by atoms with E-state index >= 15 is 0 Å². The molecule has 156 valence electrons. The van der Waals surface area contributed by atoms with Crippen LogP contribution in [0.15, 0.2) is 84.4 Å². The van der Waals surface area contributed by atoms with E-state index < -0.39 is 17.7 Å². The van der Waals surface area contributed by atoms with Gasteiger partial charge < -0.3 is 10.0 Å². The lowest BCUT2D eigenvalue weighted by atomic mass is 9.95. The third-order valence-corrected chi connectivity index (χ3v) is 5.53. The Morgan fingerprint density at radius 3 is 2.06 bits per heavy atom. The van der Waals surface area contributed by atoms with E-state index in [1.165, 1.54) is 4.90 Å². The standard InChI is InChI=1S/C26H24N2O3/c1-17-9-11-19(12-10-17)24(29)22-23(18-7-5-4-6-8-18)28(26(31)25(22)30)21-15-13-20(14-16-21)27(2)3/h4-16,23,29H,1-3H3/b24-22+/t23-/m1/s1. The van der Waals surface area contributed by atoms with Crippen LogP contribution in [0.4, 0.5) is 11.4 Å². The van der Waals surface area contributed by atoms with Crippen LogP contribution in [0.25, 0.3) is 5.76 Å². The van der Waals surface area contributed by atoms with E-state index in [0.29, 0.717) is 11.3 Å². The summed E-state index contributed by atoms with van der Waals surface area (Å²) >= 11 is 0. The van der Waals surface area contributed by atoms with Crippen molar-refractivity contribution in [2.45, 2.75) is 13.0 Å². The molecule has 5 nitrogen and oxygen atoms in total. The molecule has 1 heterocycles. The van der Waals surface area contributed by atoms with Crippen molar-refractivity contribution < 1.29 is 14.7 Å². The minimum atomic E-state index is -0.715. The lowest BCUT2D eigenvalue weighted by molar-refractivity contribution is -0.132. The zero-order valence-corrected chi connectivity index (χ0v) is 17.7. The summed E-state index contributed by atoms with van der Waals surface area (Å²) in [5.74, 6) is -1.51. The quantitative estimate of drug-likeness (QED) is 0.384. The molecule has 1 aliphatic heterocycles. The van der Waals surface area contributed by atoms with Crippen LogP contribution in [-0.2, 0) is 9.59 Å². The van der Waals surface area contributed by atoms with Crippen LogP contribution in [0.5, 0.6) is 0 Å². The minimum Gasteiger partial charge on any atom is -0.507 e. The smallest absolute Gasteiger partial charge is 0.300 e. The zero-order valence-electron chi connectivity index (χ0n) is 17.7. The number of hydrogen-bond acceptors (Lipinski definition) is 4. The van der Waals surface area contributed by atoms with Crippen molar-refractivity contribution in [3.05, 3.63) is 101 Å². The molecule has 0 unspecified atom stereocenters. The predicted octanol–water partition coefficient (Wildman–Crippen LogP) is 4.69. The topological polar surface area (TPSA) is 60.9 Å². The van der Waals surface area contributed by atoms with Crippen molar-refractivity contribution in [3.8, 4) is 0 Å². The van der Waals surface area contributed by atoms with Crippen LogP contribution >= 0.6 is 0 Å². The number of nitrogens with zero attached hydrogens (tertiary/aromatic N) is 2. The SMILES string of the molecule is Cc1ccc(/C(O)=C2\C(=O)C(=O)N(c3ccc(N(C)C)cc3)[C@@H]2c2ccccc2)cc1. The van der Waals surface area contributed by atoms with E-state index in [1.54, 1.807) is 12.1 Å². The third-order valence-electron chi connectivity index (χ3n) is 5.53. The summed E-state index contributed by atoms with van der Waals surface area (Å²) in [7, 11) is 3.87. The third kappa shape index (κ3) is 3.70. The van der Waals surface area contributed by atoms with Gasteiger partial charge in [-0.15, -0.1) is 0 Å². The molecule has 4 rings (SSSR count). The largest absolute Gasteiger partial charge is 0.507 e. The monoisotopic (exact) mass is 412 g/mol. The predicted molar refractivity (Wildman–Crippen MR) is 123 cm³/mol. The molecule has 3 aromatic carbocycles. The normalized spacial score (nSPS) is 17.8. The summed E-state index contributed by atoms with van der Waals surface area (Å²) in [5.41, 5.74) is 3.98. The molecule has 1 aliphatic rings. The van der Waals surface area contributed by atoms with Gasteiger partial charge in [0, 0.05) is 31.0 Å². The van der Waals surface area contributed by atoms with Gasteiger partial charge in [-0.25, -0.2) is 0 Å². The summed E-state index contributed by atoms with van der Waals surface area (Å²) in [5, 5.41) is 11.1. The summed E-state index contributed by atoms with van der Waals surface area (Å²) in [6.45, 7) is 1.95. The van der Waals surface area contributed by atoms with Crippen molar-refractivity contribution >= 4 is 28.8 Å². The first-order chi connectivity index (χ1) is 14.9. The molecule has 1 fully saturated rings. The maximum atomic E-state index is 13.1. The van der Waals surface area contributed by atoms with E-state index in [9.17, 15) is 14.7 Å². The number of aliphatic hydroxyl groups is 1. The number of benzene rings is 3. The Hall–Kier alpha value is -3.86. The Kier molecular flexibility index (Phi) is 5.34. The van der Waals surface area contributed by atoms with Crippen LogP contribution in [0, 0.1) is 6.92 Å². The molecule has 1 saturated heterocycles. The van der Waals surface area contributed by atoms with E-state index in [4.69, 9.17) is 0 Å². The molecule has 0 saturated carbocycles. The maximum Gasteiger partial charge on any atom is 0.300 e. The number of aryl methyl sites for hydroxylation is 1. The molecule has 0 aromatic heterocycles. The summed E-state index contributed by atoms with van der Waals surface area (Å²) in [6.07, 6.45) is 0. The second-order valence-electron chi connectivity index (χ2n) is 7.86. The van der Waals surface area contributed by atoms with Gasteiger partial charge in [-0.1, -0.05) is 60.2 Å². The second-order valence-corrected chi connectivity index (χ2v) is 7.86. The number of anilines is 2. The van der Waals surface area contributed by atoms with Gasteiger partial charge in [0.25, 0.3) is 11.7 Å². The van der Waals surface area contributed by atoms with Gasteiger partial charge in [0.1, 0.15) is 5.76 Å². The highest BCUT2D eigenvalue weighted by Gasteiger charge is 2.46. The van der Waals surface area contributed by atoms with Gasteiger partial charge in [0.15, 0.2) is 0 Å². The Morgan fingerprint density at radius 1 is 0.871 bits per heavy atom. The second kappa shape index (κ2) is 8.11. The molecule has 1 atom stereocenters. The first kappa shape index (κ1) is 20.4. The van der Waals surface area contributed by atoms with Gasteiger partial charge in [-0.05, 0) is 36.8 Å². The van der Waals surface area contributed by atoms with Gasteiger partial charge in [-0.3, -0.25) is 14.5 Å². The van der Waals surface area contributed by atoms with Crippen LogP contribution in [0.2, 0.25) is 0 Å². The van der Waals surface area contributed by atoms with Crippen LogP contribution < -0.4 is 9.80 Å². The fourth-order valence-corrected chi connectivity index (χ4v) is 3.83. The van der Waals surface area contributed by atoms with E-state index in [1.807, 2.05) is 92.6 Å². The Labute approximate surface area is 181 Å². The van der Waals surface area contributed by atoms with Gasteiger partial charge in [-0.2, -0.15) is 0 Å². The summed E-state index contributed by atoms with van der Waals surface area (Å²) in [4.78, 5) is 29.7. The number of Topliss-reactive ketones (excluding diaryl/α,β-unsaturated/α-hetero) is 1. The first-order valence-corrected chi connectivity index (χ1v) is 10.1. The average Bonchev–Trinajstić information content (AvgIpc) is 3.05. The van der Waals surface area contributed by atoms with Crippen LogP contribution in [0.3, 0.4) is 0 Å². The van der Waals surface area contributed by atoms with Gasteiger partial charge in [0.2, 0.25) is 0 Å². The van der Waals surface area contributed by atoms with Gasteiger partial charge >= 0.3 is 0 Å². The van der Waals surface area contributed by atoms with E-state index in [-0.39, 0.29) is 11.3 Å². The van der Waals surface area contributed by atoms with Gasteiger partial charge in [0.05, 0.1) is 11.6 Å². The molecule has 1 amide bonds. The zero-order chi connectivity index (χ0) is 22.1. The van der Waals surface area contributed by atoms with Crippen LogP contribution in [0.1, 0.15) is 22.7 Å². The van der Waals surface area contributed by atoms with Crippen LogP contribution in [-0.4, -0.2) is 30.9 Å². The highest BCUT2D eigenvalue weighted by molar-refractivity contribution is 6.51. The number of amides is 1. The number of carbonyl (C=O) groups excluding carboxylic acids is 2. The van der Waals surface area contributed by atoms with Crippen molar-refractivity contribution in [1.82, 2.24) is 0 Å². The number of ketones is 1. The number of carbonyl (C=O) groups is 2. The Morgan fingerprint density at radius 2 is 1.48 bits per heavy atom. The molecular weight excluding hydrogens is 388 g/mol. The maximum absolute atomic E-state index is 13.1. The van der Waals surface area contributed by atoms with Crippen molar-refractivity contribution in [2.24, 2.45) is 0 Å². The average molecular weight is 412 g/mol. The number of aliphatic hydroxyl groups excluding tert-OH is 1. The van der Waals surface area contributed by atoms with E-state index in [0.717, 1.165) is 16.8 Å². The fourth-order valence-electron chi connectivity index (χ4n) is 3.83. The molecule has 0 radical (unpaired) electrons. The lowest BCUT2D eigenvalue weighted by Crippen LogP contribution is -2.29. The molecule has 3 aromatic rings. The highest BCUT2D eigenvalue weighted by Crippen LogP contribution is 2.42. The molecular formula is C26H24N2O3. The van der Waals surface area contributed by atoms with Crippen molar-refractivity contribution in [2.75, 3.05) is 23.9 Å². The summed E-state index contributed by atoms with van der Waals surface area (Å²) in [6, 6.07) is 23.3. The lowest BCUT2D eigenvalue weighted by Gasteiger charge is -2.26. The molecule has 31 heavy (non-hydrogen) atoms.